The second-order valence-corrected chi connectivity index (χ2v) is 9.24. The first-order valence-electron chi connectivity index (χ1n) is 12.2. The van der Waals surface area contributed by atoms with Crippen molar-refractivity contribution in [3.05, 3.63) is 84.1 Å². The fourth-order valence-corrected chi connectivity index (χ4v) is 3.34. The van der Waals surface area contributed by atoms with Gasteiger partial charge in [0.25, 0.3) is 0 Å². The summed E-state index contributed by atoms with van der Waals surface area (Å²) in [5.74, 6) is 1.47. The number of carbonyl (C=O) groups is 2. The highest BCUT2D eigenvalue weighted by molar-refractivity contribution is 5.70. The molecule has 0 heterocycles. The second-order valence-electron chi connectivity index (χ2n) is 9.24. The fraction of sp³-hybridized carbons (Fsp3) is 0.379. The van der Waals surface area contributed by atoms with E-state index in [2.05, 4.69) is 37.6 Å². The van der Waals surface area contributed by atoms with Gasteiger partial charge in [-0.05, 0) is 62.1 Å². The predicted molar refractivity (Wildman–Crippen MR) is 144 cm³/mol. The van der Waals surface area contributed by atoms with Crippen LogP contribution in [0.25, 0.3) is 0 Å². The molecule has 2 rings (SSSR count). The number of rotatable bonds is 14. The molecule has 200 valence electrons. The molecule has 2 N–H and O–H groups in total. The predicted octanol–water partition coefficient (Wildman–Crippen LogP) is 6.07. The zero-order valence-corrected chi connectivity index (χ0v) is 22.2. The molecule has 8 nitrogen and oxygen atoms in total. The van der Waals surface area contributed by atoms with E-state index in [-0.39, 0.29) is 12.2 Å². The molecule has 0 fully saturated rings. The summed E-state index contributed by atoms with van der Waals surface area (Å²) >= 11 is 0. The smallest absolute Gasteiger partial charge is 0.412 e. The molecule has 0 radical (unpaired) electrons. The Balaban J connectivity index is 1.83. The molecule has 0 aliphatic heterocycles. The molecule has 0 spiro atoms. The van der Waals surface area contributed by atoms with Gasteiger partial charge in [0, 0.05) is 18.5 Å². The highest BCUT2D eigenvalue weighted by Gasteiger charge is 2.23. The van der Waals surface area contributed by atoms with Crippen LogP contribution in [0.15, 0.2) is 73.0 Å². The topological polar surface area (TPSA) is 95.1 Å². The Morgan fingerprint density at radius 1 is 0.811 bits per heavy atom. The van der Waals surface area contributed by atoms with E-state index in [4.69, 9.17) is 18.9 Å². The van der Waals surface area contributed by atoms with Crippen molar-refractivity contribution in [1.29, 1.82) is 0 Å². The average molecular weight is 511 g/mol. The maximum absolute atomic E-state index is 12.0. The molecule has 0 aromatic heterocycles. The molecule has 0 bridgehead atoms. The number of ether oxygens (including phenoxy) is 4. The fourth-order valence-electron chi connectivity index (χ4n) is 3.34. The van der Waals surface area contributed by atoms with E-state index in [1.165, 1.54) is 0 Å². The lowest BCUT2D eigenvalue weighted by atomic mass is 9.78. The van der Waals surface area contributed by atoms with E-state index in [1.807, 2.05) is 31.2 Å². The van der Waals surface area contributed by atoms with Crippen LogP contribution in [0.5, 0.6) is 11.5 Å². The van der Waals surface area contributed by atoms with Gasteiger partial charge in [0.15, 0.2) is 6.79 Å². The molecule has 2 aromatic carbocycles. The Morgan fingerprint density at radius 3 is 1.76 bits per heavy atom. The molecule has 0 saturated carbocycles. The number of hydrogen-bond donors (Lipinski definition) is 2. The Kier molecular flexibility index (Phi) is 11.7. The van der Waals surface area contributed by atoms with Crippen molar-refractivity contribution >= 4 is 12.2 Å². The summed E-state index contributed by atoms with van der Waals surface area (Å²) in [5, 5.41) is 5.36. The number of hydrogen-bond acceptors (Lipinski definition) is 6. The van der Waals surface area contributed by atoms with Gasteiger partial charge >= 0.3 is 12.2 Å². The third-order valence-electron chi connectivity index (χ3n) is 5.53. The van der Waals surface area contributed by atoms with Crippen molar-refractivity contribution in [1.82, 2.24) is 10.6 Å². The van der Waals surface area contributed by atoms with Gasteiger partial charge in [-0.2, -0.15) is 0 Å². The summed E-state index contributed by atoms with van der Waals surface area (Å²) in [4.78, 5) is 24.0. The first kappa shape index (κ1) is 29.5. The summed E-state index contributed by atoms with van der Waals surface area (Å²) in [6.07, 6.45) is 0.656. The van der Waals surface area contributed by atoms with Gasteiger partial charge in [0.1, 0.15) is 11.5 Å². The molecule has 8 heteroatoms. The van der Waals surface area contributed by atoms with E-state index >= 15 is 0 Å². The van der Waals surface area contributed by atoms with Gasteiger partial charge < -0.3 is 29.6 Å². The standard InChI is InChI=1S/C29H38N2O6/c1-21(2)8-7-17-30-27(32)36-25-13-9-23(10-14-25)29(5,6)24-11-15-26(16-12-24)37-28(33)31-18-19-34-20-35-22(3)4/h9-16H,1,3,7-8,17-20H2,2,4-6H3,(H,30,32)(H,31,33). The van der Waals surface area contributed by atoms with Crippen LogP contribution in [0, 0.1) is 0 Å². The van der Waals surface area contributed by atoms with Crippen LogP contribution in [-0.2, 0) is 14.9 Å². The first-order chi connectivity index (χ1) is 17.6. The molecule has 0 unspecified atom stereocenters. The largest absolute Gasteiger partial charge is 0.473 e. The first-order valence-corrected chi connectivity index (χ1v) is 12.2. The van der Waals surface area contributed by atoms with Gasteiger partial charge in [0.05, 0.1) is 12.4 Å². The Hall–Kier alpha value is -3.78. The van der Waals surface area contributed by atoms with Gasteiger partial charge in [-0.25, -0.2) is 9.59 Å². The minimum atomic E-state index is -0.563. The monoisotopic (exact) mass is 510 g/mol. The van der Waals surface area contributed by atoms with Gasteiger partial charge in [-0.1, -0.05) is 50.3 Å². The molecule has 2 aromatic rings. The van der Waals surface area contributed by atoms with Gasteiger partial charge in [0.2, 0.25) is 0 Å². The average Bonchev–Trinajstić information content (AvgIpc) is 2.84. The normalized spacial score (nSPS) is 10.8. The van der Waals surface area contributed by atoms with Gasteiger partial charge in [-0.15, -0.1) is 6.58 Å². The quantitative estimate of drug-likeness (QED) is 0.139. The van der Waals surface area contributed by atoms with Crippen molar-refractivity contribution in [2.75, 3.05) is 26.5 Å². The minimum absolute atomic E-state index is 0.0879. The van der Waals surface area contributed by atoms with Crippen LogP contribution in [0.4, 0.5) is 9.59 Å². The highest BCUT2D eigenvalue weighted by atomic mass is 16.7. The van der Waals surface area contributed by atoms with Crippen molar-refractivity contribution in [2.45, 2.75) is 46.0 Å². The molecular weight excluding hydrogens is 472 g/mol. The lowest BCUT2D eigenvalue weighted by Crippen LogP contribution is -2.30. The Morgan fingerprint density at radius 2 is 1.30 bits per heavy atom. The van der Waals surface area contributed by atoms with Crippen LogP contribution < -0.4 is 20.1 Å². The van der Waals surface area contributed by atoms with Crippen LogP contribution in [0.3, 0.4) is 0 Å². The lowest BCUT2D eigenvalue weighted by Gasteiger charge is -2.26. The summed E-state index contributed by atoms with van der Waals surface area (Å²) in [6.45, 7) is 16.5. The molecule has 0 aliphatic carbocycles. The van der Waals surface area contributed by atoms with Crippen LogP contribution in [0.1, 0.15) is 51.7 Å². The van der Waals surface area contributed by atoms with E-state index < -0.39 is 12.2 Å². The van der Waals surface area contributed by atoms with Crippen molar-refractivity contribution < 1.29 is 28.5 Å². The summed E-state index contributed by atoms with van der Waals surface area (Å²) in [7, 11) is 0. The molecule has 37 heavy (non-hydrogen) atoms. The van der Waals surface area contributed by atoms with Crippen LogP contribution in [0.2, 0.25) is 0 Å². The Labute approximate surface area is 219 Å². The molecule has 0 atom stereocenters. The third kappa shape index (κ3) is 10.8. The highest BCUT2D eigenvalue weighted by Crippen LogP contribution is 2.33. The SMILES string of the molecule is C=C(C)CCCNC(=O)Oc1ccc(C(C)(C)c2ccc(OC(=O)NCCOCOC(=C)C)cc2)cc1. The summed E-state index contributed by atoms with van der Waals surface area (Å²) in [6, 6.07) is 14.8. The van der Waals surface area contributed by atoms with Crippen molar-refractivity contribution in [3.8, 4) is 11.5 Å². The maximum atomic E-state index is 12.0. The minimum Gasteiger partial charge on any atom is -0.473 e. The second kappa shape index (κ2) is 14.7. The number of amides is 2. The van der Waals surface area contributed by atoms with E-state index in [9.17, 15) is 9.59 Å². The van der Waals surface area contributed by atoms with E-state index in [1.54, 1.807) is 31.2 Å². The van der Waals surface area contributed by atoms with Crippen molar-refractivity contribution in [2.24, 2.45) is 0 Å². The molecule has 0 saturated heterocycles. The Bertz CT molecular complexity index is 1050. The van der Waals surface area contributed by atoms with Gasteiger partial charge in [-0.3, -0.25) is 0 Å². The number of nitrogens with one attached hydrogen (secondary N) is 2. The zero-order chi connectivity index (χ0) is 27.3. The van der Waals surface area contributed by atoms with Crippen molar-refractivity contribution in [3.63, 3.8) is 0 Å². The molecule has 0 aliphatic rings. The third-order valence-corrected chi connectivity index (χ3v) is 5.53. The molecular formula is C29H38N2O6. The number of allylic oxidation sites excluding steroid dienone is 2. The van der Waals surface area contributed by atoms with E-state index in [0.717, 1.165) is 29.5 Å². The lowest BCUT2D eigenvalue weighted by molar-refractivity contribution is -0.0203. The van der Waals surface area contributed by atoms with E-state index in [0.29, 0.717) is 37.0 Å². The maximum Gasteiger partial charge on any atom is 0.412 e. The van der Waals surface area contributed by atoms with Crippen LogP contribution >= 0.6 is 0 Å². The van der Waals surface area contributed by atoms with Crippen LogP contribution in [-0.4, -0.2) is 38.7 Å². The molecule has 2 amide bonds. The zero-order valence-electron chi connectivity index (χ0n) is 22.2. The number of carbonyl (C=O) groups excluding carboxylic acids is 2. The number of benzene rings is 2. The summed E-state index contributed by atoms with van der Waals surface area (Å²) in [5.41, 5.74) is 2.84. The summed E-state index contributed by atoms with van der Waals surface area (Å²) < 4.78 is 21.0.